The summed E-state index contributed by atoms with van der Waals surface area (Å²) in [5.41, 5.74) is 9.64. The van der Waals surface area contributed by atoms with Gasteiger partial charge in [-0.2, -0.15) is 0 Å². The Morgan fingerprint density at radius 3 is 2.36 bits per heavy atom. The maximum Gasteiger partial charge on any atom is 0.111 e. The Kier molecular flexibility index (Phi) is 5.13. The quantitative estimate of drug-likeness (QED) is 0.485. The molecule has 3 aromatic rings. The topological polar surface area (TPSA) is 19.0 Å². The number of hydrogen-bond donors (Lipinski definition) is 1. The predicted octanol–water partition coefficient (Wildman–Crippen LogP) is 6.88. The number of benzene rings is 2. The molecule has 0 fully saturated rings. The van der Waals surface area contributed by atoms with Gasteiger partial charge in [0, 0.05) is 17.6 Å². The molecule has 1 N–H and O–H groups in total. The molecule has 2 aromatic carbocycles. The van der Waals surface area contributed by atoms with E-state index in [2.05, 4.69) is 92.2 Å². The van der Waals surface area contributed by atoms with E-state index >= 15 is 0 Å². The summed E-state index contributed by atoms with van der Waals surface area (Å²) in [5.74, 6) is 1.21. The summed E-state index contributed by atoms with van der Waals surface area (Å²) in [7, 11) is 0. The molecule has 0 bridgehead atoms. The van der Waals surface area contributed by atoms with Gasteiger partial charge in [0.15, 0.2) is 0 Å². The zero-order valence-electron chi connectivity index (χ0n) is 17.5. The first kappa shape index (κ1) is 18.6. The average Bonchev–Trinajstić information content (AvgIpc) is 3.28. The molecule has 1 aliphatic heterocycles. The van der Waals surface area contributed by atoms with E-state index in [1.54, 1.807) is 0 Å². The normalized spacial score (nSPS) is 12.9. The molecule has 0 unspecified atom stereocenters. The highest BCUT2D eigenvalue weighted by atomic mass is 15.2. The summed E-state index contributed by atoms with van der Waals surface area (Å²) in [6.45, 7) is 9.71. The van der Waals surface area contributed by atoms with Crippen LogP contribution in [0.15, 0.2) is 65.8 Å². The Morgan fingerprint density at radius 2 is 1.61 bits per heavy atom. The van der Waals surface area contributed by atoms with Crippen LogP contribution in [0.2, 0.25) is 0 Å². The van der Waals surface area contributed by atoms with Gasteiger partial charge in [-0.15, -0.1) is 0 Å². The largest absolute Gasteiger partial charge is 0.341 e. The van der Waals surface area contributed by atoms with Gasteiger partial charge in [-0.3, -0.25) is 0 Å². The third-order valence-corrected chi connectivity index (χ3v) is 5.56. The molecule has 4 rings (SSSR count). The van der Waals surface area contributed by atoms with E-state index in [1.807, 2.05) is 0 Å². The molecule has 0 atom stereocenters. The molecule has 0 radical (unpaired) electrons. The number of allylic oxidation sites excluding steroid dienone is 4. The van der Waals surface area contributed by atoms with E-state index in [1.165, 1.54) is 50.2 Å². The van der Waals surface area contributed by atoms with Crippen LogP contribution in [0.1, 0.15) is 44.4 Å². The summed E-state index contributed by atoms with van der Waals surface area (Å²) in [4.78, 5) is 6.22. The fourth-order valence-corrected chi connectivity index (χ4v) is 4.09. The van der Waals surface area contributed by atoms with Crippen LogP contribution in [-0.2, 0) is 19.3 Å². The van der Waals surface area contributed by atoms with Crippen molar-refractivity contribution in [2.45, 2.75) is 47.0 Å². The van der Waals surface area contributed by atoms with E-state index < -0.39 is 0 Å². The van der Waals surface area contributed by atoms with E-state index in [9.17, 15) is 0 Å². The number of aromatic amines is 1. The molecule has 0 saturated heterocycles. The molecule has 0 saturated carbocycles. The molecule has 1 aliphatic rings. The lowest BCUT2D eigenvalue weighted by molar-refractivity contribution is 0.979. The van der Waals surface area contributed by atoms with Crippen molar-refractivity contribution in [3.8, 4) is 0 Å². The van der Waals surface area contributed by atoms with Crippen molar-refractivity contribution in [1.82, 2.24) is 4.98 Å². The van der Waals surface area contributed by atoms with Crippen LogP contribution in [0.25, 0.3) is 10.9 Å². The van der Waals surface area contributed by atoms with Crippen LogP contribution < -0.4 is 4.90 Å². The molecule has 1 aromatic heterocycles. The van der Waals surface area contributed by atoms with Gasteiger partial charge in [-0.25, -0.2) is 0 Å². The van der Waals surface area contributed by atoms with Crippen molar-refractivity contribution in [3.63, 3.8) is 0 Å². The van der Waals surface area contributed by atoms with Gasteiger partial charge in [0.05, 0.1) is 5.52 Å². The number of fused-ring (bicyclic) bond motifs is 2. The third-order valence-electron chi connectivity index (χ3n) is 5.56. The smallest absolute Gasteiger partial charge is 0.111 e. The van der Waals surface area contributed by atoms with E-state index in [0.29, 0.717) is 0 Å². The van der Waals surface area contributed by atoms with Crippen molar-refractivity contribution < 1.29 is 0 Å². The summed E-state index contributed by atoms with van der Waals surface area (Å²) < 4.78 is 0. The zero-order chi connectivity index (χ0) is 19.7. The Morgan fingerprint density at radius 1 is 0.929 bits per heavy atom. The number of para-hydroxylation sites is 2. The maximum atomic E-state index is 3.74. The van der Waals surface area contributed by atoms with Gasteiger partial charge >= 0.3 is 0 Å². The van der Waals surface area contributed by atoms with Crippen molar-refractivity contribution in [2.75, 3.05) is 11.4 Å². The molecule has 2 heteroatoms. The molecule has 0 amide bonds. The van der Waals surface area contributed by atoms with E-state index in [0.717, 1.165) is 25.8 Å². The molecule has 0 spiro atoms. The first-order valence-electron chi connectivity index (χ1n) is 10.3. The Balaban J connectivity index is 1.74. The van der Waals surface area contributed by atoms with Gasteiger partial charge < -0.3 is 9.88 Å². The minimum absolute atomic E-state index is 0.974. The minimum atomic E-state index is 0.974. The van der Waals surface area contributed by atoms with Crippen molar-refractivity contribution in [3.05, 3.63) is 82.5 Å². The molecule has 2 nitrogen and oxygen atoms in total. The fraction of sp³-hybridized carbons (Fsp3) is 0.308. The number of aromatic nitrogens is 1. The molecular formula is C26H30N2. The van der Waals surface area contributed by atoms with Crippen molar-refractivity contribution >= 4 is 22.4 Å². The predicted molar refractivity (Wildman–Crippen MR) is 122 cm³/mol. The number of anilines is 2. The fourth-order valence-electron chi connectivity index (χ4n) is 4.09. The van der Waals surface area contributed by atoms with Gasteiger partial charge in [0.1, 0.15) is 5.82 Å². The van der Waals surface area contributed by atoms with E-state index in [-0.39, 0.29) is 0 Å². The van der Waals surface area contributed by atoms with Crippen molar-refractivity contribution in [2.24, 2.45) is 0 Å². The molecule has 144 valence electrons. The second-order valence-electron chi connectivity index (χ2n) is 8.33. The standard InChI is InChI=1S/C26H30N2/c1-18(2)11-13-20-7-5-10-23-17-24(27-25(20)23)28-16-15-22-9-6-8-21(26(22)28)14-12-19(3)4/h5-12,17,27H,13-16H2,1-4H3. The van der Waals surface area contributed by atoms with Crippen LogP contribution in [0, 0.1) is 0 Å². The molecular weight excluding hydrogens is 340 g/mol. The van der Waals surface area contributed by atoms with Crippen molar-refractivity contribution in [1.29, 1.82) is 0 Å². The number of H-pyrrole nitrogens is 1. The summed E-state index contributed by atoms with van der Waals surface area (Å²) in [6, 6.07) is 15.7. The second kappa shape index (κ2) is 7.71. The number of rotatable bonds is 5. The van der Waals surface area contributed by atoms with Crippen LogP contribution in [0.4, 0.5) is 11.5 Å². The molecule has 2 heterocycles. The highest BCUT2D eigenvalue weighted by Crippen LogP contribution is 2.39. The van der Waals surface area contributed by atoms with Crippen LogP contribution >= 0.6 is 0 Å². The minimum Gasteiger partial charge on any atom is -0.341 e. The Bertz CT molecular complexity index is 1060. The van der Waals surface area contributed by atoms with E-state index in [4.69, 9.17) is 0 Å². The lowest BCUT2D eigenvalue weighted by Gasteiger charge is -2.20. The molecule has 28 heavy (non-hydrogen) atoms. The third kappa shape index (κ3) is 3.64. The Labute approximate surface area is 168 Å². The average molecular weight is 371 g/mol. The zero-order valence-corrected chi connectivity index (χ0v) is 17.5. The van der Waals surface area contributed by atoms with Gasteiger partial charge in [0.2, 0.25) is 0 Å². The lowest BCUT2D eigenvalue weighted by atomic mass is 10.0. The van der Waals surface area contributed by atoms with Crippen LogP contribution in [0.5, 0.6) is 0 Å². The highest BCUT2D eigenvalue weighted by molar-refractivity contribution is 5.89. The van der Waals surface area contributed by atoms with Gasteiger partial charge in [-0.05, 0) is 69.7 Å². The summed E-state index contributed by atoms with van der Waals surface area (Å²) in [6.07, 6.45) is 7.71. The highest BCUT2D eigenvalue weighted by Gasteiger charge is 2.24. The number of nitrogens with one attached hydrogen (secondary N) is 1. The number of nitrogens with zero attached hydrogens (tertiary/aromatic N) is 1. The second-order valence-corrected chi connectivity index (χ2v) is 8.33. The summed E-state index contributed by atoms with van der Waals surface area (Å²) in [5, 5.41) is 1.30. The van der Waals surface area contributed by atoms with Gasteiger partial charge in [-0.1, -0.05) is 59.7 Å². The Hall–Kier alpha value is -2.74. The van der Waals surface area contributed by atoms with Crippen LogP contribution in [-0.4, -0.2) is 11.5 Å². The maximum absolute atomic E-state index is 3.74. The first-order chi connectivity index (χ1) is 13.5. The molecule has 0 aliphatic carbocycles. The van der Waals surface area contributed by atoms with Gasteiger partial charge in [0.25, 0.3) is 0 Å². The first-order valence-corrected chi connectivity index (χ1v) is 10.3. The monoisotopic (exact) mass is 370 g/mol. The lowest BCUT2D eigenvalue weighted by Crippen LogP contribution is -2.15. The number of hydrogen-bond acceptors (Lipinski definition) is 1. The van der Waals surface area contributed by atoms with Crippen LogP contribution in [0.3, 0.4) is 0 Å². The summed E-state index contributed by atoms with van der Waals surface area (Å²) >= 11 is 0. The SMILES string of the molecule is CC(C)=CCc1cccc2c1N(c1cc3cccc(CC=C(C)C)c3[nH]1)CC2.